The van der Waals surface area contributed by atoms with Gasteiger partial charge >= 0.3 is 0 Å². The summed E-state index contributed by atoms with van der Waals surface area (Å²) < 4.78 is 1.59. The number of rotatable bonds is 4. The lowest BCUT2D eigenvalue weighted by Crippen LogP contribution is -3.27. The summed E-state index contributed by atoms with van der Waals surface area (Å²) in [6.45, 7) is 6.39. The second-order valence-corrected chi connectivity index (χ2v) is 8.41. The smallest absolute Gasteiger partial charge is 0.235 e. The molecule has 0 bridgehead atoms. The first-order valence-electron chi connectivity index (χ1n) is 9.05. The third kappa shape index (κ3) is 3.20. The Morgan fingerprint density at radius 2 is 1.92 bits per heavy atom. The van der Waals surface area contributed by atoms with Gasteiger partial charge in [0.25, 0.3) is 0 Å². The van der Waals surface area contributed by atoms with Crippen LogP contribution in [0.25, 0.3) is 4.96 Å². The van der Waals surface area contributed by atoms with Crippen molar-refractivity contribution in [3.05, 3.63) is 45.6 Å². The third-order valence-electron chi connectivity index (χ3n) is 5.18. The molecule has 3 aromatic rings. The van der Waals surface area contributed by atoms with Gasteiger partial charge in [0.1, 0.15) is 31.1 Å². The Morgan fingerprint density at radius 1 is 1.23 bits per heavy atom. The van der Waals surface area contributed by atoms with Crippen LogP contribution in [0, 0.1) is 0 Å². The zero-order chi connectivity index (χ0) is 18.3. The Bertz CT molecular complexity index is 898. The molecule has 3 N–H and O–H groups in total. The number of aryl methyl sites for hydroxylation is 1. The van der Waals surface area contributed by atoms with Gasteiger partial charge in [0.15, 0.2) is 11.9 Å². The van der Waals surface area contributed by atoms with Crippen molar-refractivity contribution in [1.29, 1.82) is 0 Å². The lowest BCUT2D eigenvalue weighted by molar-refractivity contribution is -1.02. The van der Waals surface area contributed by atoms with E-state index < -0.39 is 0 Å². The van der Waals surface area contributed by atoms with E-state index in [1.54, 1.807) is 20.8 Å². The van der Waals surface area contributed by atoms with E-state index in [-0.39, 0.29) is 11.9 Å². The Balaban J connectivity index is 1.78. The number of benzene rings is 1. The summed E-state index contributed by atoms with van der Waals surface area (Å²) in [6.07, 6.45) is 0.760. The van der Waals surface area contributed by atoms with Crippen LogP contribution in [-0.4, -0.2) is 52.9 Å². The molecule has 2 aromatic heterocycles. The van der Waals surface area contributed by atoms with Gasteiger partial charge in [-0.3, -0.25) is 0 Å². The van der Waals surface area contributed by atoms with Crippen molar-refractivity contribution >= 4 is 27.9 Å². The van der Waals surface area contributed by atoms with Gasteiger partial charge in [0, 0.05) is 17.0 Å². The van der Waals surface area contributed by atoms with Gasteiger partial charge in [0.05, 0.1) is 7.05 Å². The highest BCUT2D eigenvalue weighted by molar-refractivity contribution is 7.17. The van der Waals surface area contributed by atoms with E-state index in [2.05, 4.69) is 29.3 Å². The Hall–Kier alpha value is -1.67. The predicted molar refractivity (Wildman–Crippen MR) is 103 cm³/mol. The zero-order valence-corrected chi connectivity index (χ0v) is 16.6. The van der Waals surface area contributed by atoms with E-state index in [4.69, 9.17) is 11.6 Å². The maximum atomic E-state index is 10.9. The van der Waals surface area contributed by atoms with Gasteiger partial charge < -0.3 is 14.9 Å². The van der Waals surface area contributed by atoms with E-state index in [0.29, 0.717) is 0 Å². The van der Waals surface area contributed by atoms with Gasteiger partial charge in [-0.1, -0.05) is 42.0 Å². The molecule has 26 heavy (non-hydrogen) atoms. The zero-order valence-electron chi connectivity index (χ0n) is 15.0. The minimum absolute atomic E-state index is 0.0685. The fourth-order valence-corrected chi connectivity index (χ4v) is 4.93. The summed E-state index contributed by atoms with van der Waals surface area (Å²) in [7, 11) is 2.24. The van der Waals surface area contributed by atoms with E-state index in [1.807, 2.05) is 19.1 Å². The van der Waals surface area contributed by atoms with Crippen molar-refractivity contribution in [2.75, 3.05) is 33.2 Å². The van der Waals surface area contributed by atoms with E-state index in [1.165, 1.54) is 10.5 Å². The fourth-order valence-electron chi connectivity index (χ4n) is 3.64. The van der Waals surface area contributed by atoms with Crippen LogP contribution >= 0.6 is 22.9 Å². The number of aromatic hydroxyl groups is 1. The Labute approximate surface area is 161 Å². The molecular weight excluding hydrogens is 370 g/mol. The molecule has 138 valence electrons. The Morgan fingerprint density at radius 3 is 2.54 bits per heavy atom. The monoisotopic (exact) mass is 393 g/mol. The molecule has 3 heterocycles. The SMILES string of the molecule is CCc1nc2sc([C@@H](c3ccc(Cl)cc3)[NH+]3CC[NH+](C)CC3)c(O)n2n1. The largest absolute Gasteiger partial charge is 0.492 e. The van der Waals surface area contributed by atoms with Crippen molar-refractivity contribution < 1.29 is 14.9 Å². The molecule has 0 unspecified atom stereocenters. The van der Waals surface area contributed by atoms with E-state index in [9.17, 15) is 5.11 Å². The number of piperazine rings is 1. The second-order valence-electron chi connectivity index (χ2n) is 6.97. The maximum absolute atomic E-state index is 10.9. The number of aromatic nitrogens is 3. The van der Waals surface area contributed by atoms with Crippen molar-refractivity contribution in [1.82, 2.24) is 14.6 Å². The van der Waals surface area contributed by atoms with Crippen molar-refractivity contribution in [3.8, 4) is 5.88 Å². The Kier molecular flexibility index (Phi) is 4.88. The minimum atomic E-state index is 0.0685. The van der Waals surface area contributed by atoms with Gasteiger partial charge in [-0.05, 0) is 12.1 Å². The standard InChI is InChI=1S/C18H22ClN5OS/c1-3-14-20-18-24(21-14)17(25)16(26-18)15(12-4-6-13(19)7-5-12)23-10-8-22(2)9-11-23/h4-7,15,25H,3,8-11H2,1-2H3/p+2/t15-/m1/s1. The summed E-state index contributed by atoms with van der Waals surface area (Å²) in [6, 6.07) is 8.05. The molecule has 0 amide bonds. The number of hydrogen-bond donors (Lipinski definition) is 3. The number of quaternary nitrogens is 2. The van der Waals surface area contributed by atoms with Crippen LogP contribution < -0.4 is 9.80 Å². The average Bonchev–Trinajstić information content (AvgIpc) is 3.18. The molecular formula is C18H24ClN5OS+2. The number of likely N-dealkylation sites (N-methyl/N-ethyl adjacent to an activating group) is 1. The lowest BCUT2D eigenvalue weighted by atomic mass is 10.0. The second kappa shape index (κ2) is 7.15. The minimum Gasteiger partial charge on any atom is -0.492 e. The van der Waals surface area contributed by atoms with Gasteiger partial charge in [-0.25, -0.2) is 4.98 Å². The van der Waals surface area contributed by atoms with Crippen LogP contribution in [0.5, 0.6) is 5.88 Å². The van der Waals surface area contributed by atoms with Crippen LogP contribution in [0.2, 0.25) is 5.02 Å². The van der Waals surface area contributed by atoms with Crippen molar-refractivity contribution in [2.24, 2.45) is 0 Å². The van der Waals surface area contributed by atoms with Gasteiger partial charge in [-0.15, -0.1) is 5.10 Å². The summed E-state index contributed by atoms with van der Waals surface area (Å²) >= 11 is 7.64. The molecule has 1 atom stereocenters. The first-order chi connectivity index (χ1) is 12.6. The molecule has 8 heteroatoms. The van der Waals surface area contributed by atoms with Crippen molar-refractivity contribution in [3.63, 3.8) is 0 Å². The average molecular weight is 394 g/mol. The highest BCUT2D eigenvalue weighted by Crippen LogP contribution is 2.35. The number of fused-ring (bicyclic) bond motifs is 1. The summed E-state index contributed by atoms with van der Waals surface area (Å²) in [4.78, 5) is 9.25. The molecule has 6 nitrogen and oxygen atoms in total. The molecule has 0 saturated carbocycles. The normalized spacial score (nSPS) is 22.0. The van der Waals surface area contributed by atoms with E-state index >= 15 is 0 Å². The lowest BCUT2D eigenvalue weighted by Gasteiger charge is -2.33. The molecule has 1 fully saturated rings. The molecule has 1 aliphatic heterocycles. The van der Waals surface area contributed by atoms with Gasteiger partial charge in [0.2, 0.25) is 10.8 Å². The maximum Gasteiger partial charge on any atom is 0.235 e. The summed E-state index contributed by atoms with van der Waals surface area (Å²) in [5.41, 5.74) is 1.17. The molecule has 0 spiro atoms. The molecule has 1 saturated heterocycles. The van der Waals surface area contributed by atoms with Crippen LogP contribution in [0.1, 0.15) is 29.2 Å². The number of halogens is 1. The number of nitrogens with zero attached hydrogens (tertiary/aromatic N) is 3. The fraction of sp³-hybridized carbons (Fsp3) is 0.444. The predicted octanol–water partition coefficient (Wildman–Crippen LogP) is 0.215. The van der Waals surface area contributed by atoms with Gasteiger partial charge in [-0.2, -0.15) is 4.52 Å². The van der Waals surface area contributed by atoms with E-state index in [0.717, 1.165) is 53.3 Å². The topological polar surface area (TPSA) is 59.3 Å². The van der Waals surface area contributed by atoms with Crippen molar-refractivity contribution in [2.45, 2.75) is 19.4 Å². The van der Waals surface area contributed by atoms with Crippen LogP contribution in [-0.2, 0) is 6.42 Å². The summed E-state index contributed by atoms with van der Waals surface area (Å²) in [5, 5.41) is 16.1. The van der Waals surface area contributed by atoms with Crippen LogP contribution in [0.3, 0.4) is 0 Å². The molecule has 1 aliphatic rings. The molecule has 0 aliphatic carbocycles. The quantitative estimate of drug-likeness (QED) is 0.594. The molecule has 1 aromatic carbocycles. The number of thiazole rings is 1. The highest BCUT2D eigenvalue weighted by atomic mass is 35.5. The first-order valence-corrected chi connectivity index (χ1v) is 10.2. The summed E-state index contributed by atoms with van der Waals surface area (Å²) in [5.74, 6) is 0.979. The third-order valence-corrected chi connectivity index (χ3v) is 6.52. The van der Waals surface area contributed by atoms with Crippen LogP contribution in [0.4, 0.5) is 0 Å². The van der Waals surface area contributed by atoms with Crippen LogP contribution in [0.15, 0.2) is 24.3 Å². The number of nitrogens with one attached hydrogen (secondary N) is 2. The first kappa shape index (κ1) is 17.7. The molecule has 4 rings (SSSR count). The number of hydrogen-bond acceptors (Lipinski definition) is 4. The molecule has 0 radical (unpaired) electrons. The highest BCUT2D eigenvalue weighted by Gasteiger charge is 2.35.